The molecular weight excluding hydrogens is 186 g/mol. The molecule has 0 unspecified atom stereocenters. The molecule has 0 radical (unpaired) electrons. The quantitative estimate of drug-likeness (QED) is 0.489. The zero-order chi connectivity index (χ0) is 9.40. The summed E-state index contributed by atoms with van der Waals surface area (Å²) in [5, 5.41) is 0. The fraction of sp³-hybridized carbons (Fsp3) is 0.889. The Morgan fingerprint density at radius 1 is 1.38 bits per heavy atom. The van der Waals surface area contributed by atoms with Crippen LogP contribution in [0.25, 0.3) is 0 Å². The van der Waals surface area contributed by atoms with Crippen molar-refractivity contribution in [3.8, 4) is 0 Å². The van der Waals surface area contributed by atoms with Crippen molar-refractivity contribution in [1.29, 1.82) is 0 Å². The van der Waals surface area contributed by atoms with Gasteiger partial charge in [0.05, 0.1) is 13.1 Å². The minimum absolute atomic E-state index is 0. The molecule has 0 heterocycles. The van der Waals surface area contributed by atoms with Gasteiger partial charge in [-0.3, -0.25) is 0 Å². The van der Waals surface area contributed by atoms with E-state index in [0.717, 1.165) is 19.6 Å². The van der Waals surface area contributed by atoms with E-state index in [1.54, 1.807) is 7.05 Å². The molecule has 0 aromatic carbocycles. The second kappa shape index (κ2) is 9.72. The van der Waals surface area contributed by atoms with Gasteiger partial charge in [-0.2, -0.15) is 0 Å². The fourth-order valence-electron chi connectivity index (χ4n) is 0.998. The average molecular weight is 207 g/mol. The molecule has 0 saturated heterocycles. The minimum atomic E-state index is 0. The van der Waals surface area contributed by atoms with Crippen LogP contribution in [0.3, 0.4) is 0 Å². The predicted octanol–water partition coefficient (Wildman–Crippen LogP) is 1.20. The normalized spacial score (nSPS) is 9.00. The van der Waals surface area contributed by atoms with E-state index in [-0.39, 0.29) is 12.4 Å². The first-order valence-electron chi connectivity index (χ1n) is 4.44. The summed E-state index contributed by atoms with van der Waals surface area (Å²) >= 11 is 0. The Labute approximate surface area is 87.6 Å². The van der Waals surface area contributed by atoms with Crippen molar-refractivity contribution >= 4 is 18.4 Å². The Morgan fingerprint density at radius 2 is 2.00 bits per heavy atom. The van der Waals surface area contributed by atoms with Gasteiger partial charge in [0, 0.05) is 6.54 Å². The van der Waals surface area contributed by atoms with Crippen molar-refractivity contribution in [2.45, 2.75) is 13.3 Å². The maximum atomic E-state index is 3.87. The third kappa shape index (κ3) is 9.54. The van der Waals surface area contributed by atoms with Gasteiger partial charge in [0.15, 0.2) is 0 Å². The van der Waals surface area contributed by atoms with Gasteiger partial charge in [-0.05, 0) is 32.4 Å². The van der Waals surface area contributed by atoms with Gasteiger partial charge in [-0.1, -0.05) is 0 Å². The number of halogens is 1. The van der Waals surface area contributed by atoms with Gasteiger partial charge in [-0.15, -0.1) is 12.4 Å². The zero-order valence-corrected chi connectivity index (χ0v) is 9.89. The first-order valence-corrected chi connectivity index (χ1v) is 4.44. The van der Waals surface area contributed by atoms with Crippen LogP contribution in [0.4, 0.5) is 0 Å². The highest BCUT2D eigenvalue weighted by Crippen LogP contribution is 1.84. The van der Waals surface area contributed by atoms with E-state index in [9.17, 15) is 0 Å². The van der Waals surface area contributed by atoms with E-state index in [1.807, 2.05) is 0 Å². The summed E-state index contributed by atoms with van der Waals surface area (Å²) in [5.74, 6) is 0. The smallest absolute Gasteiger partial charge is 0.306 e. The molecule has 0 aliphatic carbocycles. The van der Waals surface area contributed by atoms with Crippen molar-refractivity contribution in [2.75, 3.05) is 40.8 Å². The second-order valence-corrected chi connectivity index (χ2v) is 3.06. The summed E-state index contributed by atoms with van der Waals surface area (Å²) in [5.41, 5.74) is 0. The summed E-state index contributed by atoms with van der Waals surface area (Å²) in [6.45, 7) is 5.28. The fourth-order valence-corrected chi connectivity index (χ4v) is 0.998. The molecular formula is C9H21ClN3+. The van der Waals surface area contributed by atoms with E-state index < -0.39 is 0 Å². The predicted molar refractivity (Wildman–Crippen MR) is 59.4 cm³/mol. The number of nitrogens with zero attached hydrogens (tertiary/aromatic N) is 3. The third-order valence-electron chi connectivity index (χ3n) is 1.66. The molecule has 3 nitrogen and oxygen atoms in total. The standard InChI is InChI=1S/C9H20N3.ClH/c1-5-12(9-10-2)8-6-7-11(3)4;/h5-8H2,1-4H3;1H/q+1;. The molecule has 78 valence electrons. The van der Waals surface area contributed by atoms with Crippen LogP contribution in [0.5, 0.6) is 0 Å². The lowest BCUT2D eigenvalue weighted by Crippen LogP contribution is -2.19. The highest BCUT2D eigenvalue weighted by molar-refractivity contribution is 5.85. The number of hydrogen-bond donors (Lipinski definition) is 0. The number of rotatable bonds is 5. The number of aliphatic imine (C=N–C) groups is 1. The molecule has 0 rings (SSSR count). The lowest BCUT2D eigenvalue weighted by atomic mass is 10.4. The molecule has 0 aromatic rings. The minimum Gasteiger partial charge on any atom is -0.309 e. The van der Waals surface area contributed by atoms with Gasteiger partial charge in [-0.25, -0.2) is 4.58 Å². The maximum Gasteiger partial charge on any atom is 0.306 e. The van der Waals surface area contributed by atoms with Crippen LogP contribution in [0.15, 0.2) is 4.99 Å². The van der Waals surface area contributed by atoms with Crippen LogP contribution in [0.1, 0.15) is 13.3 Å². The summed E-state index contributed by atoms with van der Waals surface area (Å²) in [6, 6.07) is 2.95. The molecule has 0 aliphatic rings. The SMILES string of the molecule is CC[N+](=C=NC)CCCN(C)C.Cl. The van der Waals surface area contributed by atoms with Crippen molar-refractivity contribution in [3.63, 3.8) is 0 Å². The number of hydrogen-bond acceptors (Lipinski definition) is 2. The molecule has 0 atom stereocenters. The van der Waals surface area contributed by atoms with Crippen LogP contribution in [0.2, 0.25) is 0 Å². The van der Waals surface area contributed by atoms with Crippen LogP contribution < -0.4 is 0 Å². The Kier molecular flexibility index (Phi) is 11.3. The van der Waals surface area contributed by atoms with Crippen LogP contribution in [0, 0.1) is 0 Å². The first kappa shape index (κ1) is 15.1. The van der Waals surface area contributed by atoms with Crippen molar-refractivity contribution < 1.29 is 4.58 Å². The lowest BCUT2D eigenvalue weighted by molar-refractivity contribution is -0.518. The van der Waals surface area contributed by atoms with E-state index >= 15 is 0 Å². The molecule has 0 bridgehead atoms. The Hall–Kier alpha value is -0.370. The van der Waals surface area contributed by atoms with E-state index in [2.05, 4.69) is 41.5 Å². The highest BCUT2D eigenvalue weighted by atomic mass is 35.5. The summed E-state index contributed by atoms with van der Waals surface area (Å²) in [6.07, 6.45) is 1.17. The molecule has 0 fully saturated rings. The Bertz CT molecular complexity index is 172. The van der Waals surface area contributed by atoms with E-state index in [1.165, 1.54) is 6.42 Å². The lowest BCUT2D eigenvalue weighted by Gasteiger charge is -2.07. The third-order valence-corrected chi connectivity index (χ3v) is 1.66. The molecule has 0 amide bonds. The summed E-state index contributed by atoms with van der Waals surface area (Å²) < 4.78 is 2.10. The monoisotopic (exact) mass is 206 g/mol. The maximum absolute atomic E-state index is 3.87. The van der Waals surface area contributed by atoms with Gasteiger partial charge >= 0.3 is 6.01 Å². The average Bonchev–Trinajstić information content (AvgIpc) is 2.02. The Morgan fingerprint density at radius 3 is 2.38 bits per heavy atom. The topological polar surface area (TPSA) is 18.6 Å². The van der Waals surface area contributed by atoms with E-state index in [4.69, 9.17) is 0 Å². The molecule has 0 aromatic heterocycles. The zero-order valence-electron chi connectivity index (χ0n) is 9.08. The largest absolute Gasteiger partial charge is 0.309 e. The molecule has 4 heteroatoms. The van der Waals surface area contributed by atoms with E-state index in [0.29, 0.717) is 0 Å². The molecule has 0 saturated carbocycles. The van der Waals surface area contributed by atoms with Gasteiger partial charge in [0.1, 0.15) is 7.05 Å². The molecule has 0 spiro atoms. The van der Waals surface area contributed by atoms with Gasteiger partial charge in [0.25, 0.3) is 0 Å². The van der Waals surface area contributed by atoms with Gasteiger partial charge in [0.2, 0.25) is 0 Å². The molecule has 13 heavy (non-hydrogen) atoms. The highest BCUT2D eigenvalue weighted by Gasteiger charge is 1.96. The first-order chi connectivity index (χ1) is 5.70. The van der Waals surface area contributed by atoms with Crippen LogP contribution >= 0.6 is 12.4 Å². The Balaban J connectivity index is 0. The van der Waals surface area contributed by atoms with Crippen molar-refractivity contribution in [3.05, 3.63) is 0 Å². The van der Waals surface area contributed by atoms with Crippen molar-refractivity contribution in [1.82, 2.24) is 4.90 Å². The van der Waals surface area contributed by atoms with Crippen LogP contribution in [-0.4, -0.2) is 56.3 Å². The summed E-state index contributed by atoms with van der Waals surface area (Å²) in [4.78, 5) is 6.06. The molecule has 0 aliphatic heterocycles. The van der Waals surface area contributed by atoms with Gasteiger partial charge < -0.3 is 4.90 Å². The molecule has 0 N–H and O–H groups in total. The summed E-state index contributed by atoms with van der Waals surface area (Å²) in [7, 11) is 5.94. The van der Waals surface area contributed by atoms with Crippen LogP contribution in [-0.2, 0) is 0 Å². The van der Waals surface area contributed by atoms with Crippen molar-refractivity contribution in [2.24, 2.45) is 4.99 Å². The second-order valence-electron chi connectivity index (χ2n) is 3.06.